The number of nitriles is 3. The van der Waals surface area contributed by atoms with Crippen LogP contribution in [-0.4, -0.2) is 0 Å². The lowest BCUT2D eigenvalue weighted by Crippen LogP contribution is -2.20. The molecule has 66 valence electrons. The minimum Gasteiger partial charge on any atom is -0.195 e. The molecule has 0 heterocycles. The van der Waals surface area contributed by atoms with E-state index in [1.54, 1.807) is 49.4 Å². The number of aryl methyl sites for hydroxylation is 1. The molecular formula is C11H7N3. The third-order valence-electron chi connectivity index (χ3n) is 2.05. The van der Waals surface area contributed by atoms with Gasteiger partial charge < -0.3 is 0 Å². The molecule has 3 heteroatoms. The third kappa shape index (κ3) is 1.30. The van der Waals surface area contributed by atoms with Crippen LogP contribution in [0.1, 0.15) is 11.1 Å². The Balaban J connectivity index is 3.46. The normalized spacial score (nSPS) is 9.57. The molecule has 3 nitrogen and oxygen atoms in total. The summed E-state index contributed by atoms with van der Waals surface area (Å²) in [7, 11) is 0. The Bertz CT molecular complexity index is 432. The zero-order valence-electron chi connectivity index (χ0n) is 7.65. The van der Waals surface area contributed by atoms with Crippen molar-refractivity contribution < 1.29 is 0 Å². The van der Waals surface area contributed by atoms with Crippen LogP contribution in [0.15, 0.2) is 24.3 Å². The van der Waals surface area contributed by atoms with Crippen LogP contribution in [0.4, 0.5) is 0 Å². The van der Waals surface area contributed by atoms with Gasteiger partial charge in [-0.2, -0.15) is 15.8 Å². The number of nitrogens with zero attached hydrogens (tertiary/aromatic N) is 3. The molecule has 0 saturated heterocycles. The van der Waals surface area contributed by atoms with Crippen LogP contribution in [-0.2, 0) is 5.41 Å². The Kier molecular flexibility index (Phi) is 2.52. The molecule has 0 amide bonds. The molecule has 0 saturated carbocycles. The summed E-state index contributed by atoms with van der Waals surface area (Å²) in [6, 6.07) is 12.2. The van der Waals surface area contributed by atoms with Crippen molar-refractivity contribution in [1.82, 2.24) is 0 Å². The van der Waals surface area contributed by atoms with E-state index in [0.29, 0.717) is 5.56 Å². The van der Waals surface area contributed by atoms with Crippen molar-refractivity contribution in [2.24, 2.45) is 0 Å². The van der Waals surface area contributed by atoms with Crippen molar-refractivity contribution >= 4 is 0 Å². The van der Waals surface area contributed by atoms with Gasteiger partial charge in [0.05, 0.1) is 0 Å². The van der Waals surface area contributed by atoms with Gasteiger partial charge in [-0.25, -0.2) is 0 Å². The van der Waals surface area contributed by atoms with E-state index >= 15 is 0 Å². The summed E-state index contributed by atoms with van der Waals surface area (Å²) in [6.45, 7) is 1.77. The Morgan fingerprint density at radius 1 is 1.00 bits per heavy atom. The molecule has 0 N–H and O–H groups in total. The van der Waals surface area contributed by atoms with Crippen LogP contribution in [0, 0.1) is 40.9 Å². The van der Waals surface area contributed by atoms with Gasteiger partial charge in [0.15, 0.2) is 0 Å². The Hall–Kier alpha value is -2.31. The molecule has 1 aromatic rings. The highest BCUT2D eigenvalue weighted by molar-refractivity contribution is 5.50. The monoisotopic (exact) mass is 181 g/mol. The SMILES string of the molecule is Cc1ccccc1C(C#N)(C#N)C#N. The van der Waals surface area contributed by atoms with Gasteiger partial charge in [0, 0.05) is 5.56 Å². The molecule has 0 bridgehead atoms. The summed E-state index contributed by atoms with van der Waals surface area (Å²) >= 11 is 0. The molecule has 0 radical (unpaired) electrons. The Morgan fingerprint density at radius 3 is 1.93 bits per heavy atom. The van der Waals surface area contributed by atoms with Crippen molar-refractivity contribution in [1.29, 1.82) is 15.8 Å². The molecule has 0 aromatic heterocycles. The topological polar surface area (TPSA) is 71.4 Å². The summed E-state index contributed by atoms with van der Waals surface area (Å²) in [5, 5.41) is 26.6. The van der Waals surface area contributed by atoms with Gasteiger partial charge in [0.25, 0.3) is 5.41 Å². The van der Waals surface area contributed by atoms with Gasteiger partial charge in [0.1, 0.15) is 18.2 Å². The largest absolute Gasteiger partial charge is 0.253 e. The van der Waals surface area contributed by atoms with Crippen molar-refractivity contribution in [3.8, 4) is 18.2 Å². The molecule has 0 unspecified atom stereocenters. The second kappa shape index (κ2) is 3.60. The van der Waals surface area contributed by atoms with E-state index in [1.807, 2.05) is 0 Å². The lowest BCUT2D eigenvalue weighted by atomic mass is 9.82. The molecule has 0 spiro atoms. The summed E-state index contributed by atoms with van der Waals surface area (Å²) in [4.78, 5) is 0. The van der Waals surface area contributed by atoms with Gasteiger partial charge in [-0.1, -0.05) is 24.3 Å². The smallest absolute Gasteiger partial charge is 0.195 e. The molecule has 0 aliphatic heterocycles. The van der Waals surface area contributed by atoms with Crippen molar-refractivity contribution in [2.75, 3.05) is 0 Å². The van der Waals surface area contributed by atoms with Crippen molar-refractivity contribution in [3.05, 3.63) is 35.4 Å². The minimum atomic E-state index is -1.68. The molecule has 0 aliphatic rings. The van der Waals surface area contributed by atoms with E-state index in [-0.39, 0.29) is 0 Å². The summed E-state index contributed by atoms with van der Waals surface area (Å²) < 4.78 is 0. The zero-order chi connectivity index (χ0) is 10.6. The number of hydrogen-bond donors (Lipinski definition) is 0. The lowest BCUT2D eigenvalue weighted by Gasteiger charge is -2.11. The van der Waals surface area contributed by atoms with E-state index in [2.05, 4.69) is 0 Å². The Labute approximate surface area is 82.4 Å². The molecule has 0 atom stereocenters. The van der Waals surface area contributed by atoms with E-state index < -0.39 is 5.41 Å². The average Bonchev–Trinajstić information content (AvgIpc) is 2.24. The second-order valence-electron chi connectivity index (χ2n) is 2.90. The molecule has 1 rings (SSSR count). The highest BCUT2D eigenvalue weighted by atomic mass is 14.4. The van der Waals surface area contributed by atoms with Gasteiger partial charge in [-0.3, -0.25) is 0 Å². The number of rotatable bonds is 1. The fourth-order valence-corrected chi connectivity index (χ4v) is 1.25. The van der Waals surface area contributed by atoms with Crippen LogP contribution in [0.3, 0.4) is 0 Å². The maximum absolute atomic E-state index is 8.86. The number of benzene rings is 1. The van der Waals surface area contributed by atoms with E-state index in [9.17, 15) is 0 Å². The van der Waals surface area contributed by atoms with Crippen LogP contribution in [0.2, 0.25) is 0 Å². The highest BCUT2D eigenvalue weighted by Crippen LogP contribution is 2.24. The maximum Gasteiger partial charge on any atom is 0.253 e. The fraction of sp³-hybridized carbons (Fsp3) is 0.182. The average molecular weight is 181 g/mol. The lowest BCUT2D eigenvalue weighted by molar-refractivity contribution is 0.893. The fourth-order valence-electron chi connectivity index (χ4n) is 1.25. The van der Waals surface area contributed by atoms with E-state index in [4.69, 9.17) is 15.8 Å². The van der Waals surface area contributed by atoms with E-state index in [0.717, 1.165) is 5.56 Å². The predicted octanol–water partition coefficient (Wildman–Crippen LogP) is 1.80. The summed E-state index contributed by atoms with van der Waals surface area (Å²) in [5.41, 5.74) is -0.435. The molecule has 14 heavy (non-hydrogen) atoms. The zero-order valence-corrected chi connectivity index (χ0v) is 7.65. The first-order valence-electron chi connectivity index (χ1n) is 4.00. The van der Waals surface area contributed by atoms with Crippen LogP contribution in [0.5, 0.6) is 0 Å². The third-order valence-corrected chi connectivity index (χ3v) is 2.05. The van der Waals surface area contributed by atoms with Gasteiger partial charge in [-0.05, 0) is 12.5 Å². The first-order chi connectivity index (χ1) is 6.70. The Morgan fingerprint density at radius 2 is 1.50 bits per heavy atom. The first-order valence-corrected chi connectivity index (χ1v) is 4.00. The van der Waals surface area contributed by atoms with Gasteiger partial charge >= 0.3 is 0 Å². The first kappa shape index (κ1) is 9.78. The molecular weight excluding hydrogens is 174 g/mol. The maximum atomic E-state index is 8.86. The number of hydrogen-bond acceptors (Lipinski definition) is 3. The van der Waals surface area contributed by atoms with Crippen LogP contribution >= 0.6 is 0 Å². The highest BCUT2D eigenvalue weighted by Gasteiger charge is 2.33. The second-order valence-corrected chi connectivity index (χ2v) is 2.90. The quantitative estimate of drug-likeness (QED) is 0.663. The molecule has 0 fully saturated rings. The van der Waals surface area contributed by atoms with Crippen LogP contribution < -0.4 is 0 Å². The van der Waals surface area contributed by atoms with E-state index in [1.165, 1.54) is 0 Å². The summed E-state index contributed by atoms with van der Waals surface area (Å²) in [5.74, 6) is 0. The van der Waals surface area contributed by atoms with Crippen molar-refractivity contribution in [2.45, 2.75) is 12.3 Å². The predicted molar refractivity (Wildman–Crippen MR) is 49.7 cm³/mol. The summed E-state index contributed by atoms with van der Waals surface area (Å²) in [6.07, 6.45) is 0. The van der Waals surface area contributed by atoms with Gasteiger partial charge in [0.2, 0.25) is 0 Å². The minimum absolute atomic E-state index is 0.465. The van der Waals surface area contributed by atoms with Crippen molar-refractivity contribution in [3.63, 3.8) is 0 Å². The van der Waals surface area contributed by atoms with Crippen LogP contribution in [0.25, 0.3) is 0 Å². The molecule has 0 aliphatic carbocycles. The van der Waals surface area contributed by atoms with Gasteiger partial charge in [-0.15, -0.1) is 0 Å². The molecule has 1 aromatic carbocycles. The standard InChI is InChI=1S/C11H7N3/c1-9-4-2-3-5-10(9)11(6-12,7-13)8-14/h2-5H,1H3.